The number of ether oxygens (including phenoxy) is 5. The lowest BCUT2D eigenvalue weighted by atomic mass is 9.73. The first-order valence-electron chi connectivity index (χ1n) is 11.4. The molecule has 0 spiro atoms. The Balaban J connectivity index is 1.38. The monoisotopic (exact) mass is 463 g/mol. The first-order chi connectivity index (χ1) is 16.5. The third-order valence-electron chi connectivity index (χ3n) is 7.10. The number of rotatable bonds is 4. The number of carbonyl (C=O) groups excluding carboxylic acids is 2. The second kappa shape index (κ2) is 8.06. The van der Waals surface area contributed by atoms with Crippen molar-refractivity contribution >= 4 is 11.9 Å². The summed E-state index contributed by atoms with van der Waals surface area (Å²) in [7, 11) is 1.57. The van der Waals surface area contributed by atoms with Crippen LogP contribution in [0.15, 0.2) is 48.0 Å². The van der Waals surface area contributed by atoms with E-state index in [1.165, 1.54) is 12.5 Å². The smallest absolute Gasteiger partial charge is 0.338 e. The van der Waals surface area contributed by atoms with Crippen molar-refractivity contribution in [1.82, 2.24) is 4.90 Å². The predicted molar refractivity (Wildman–Crippen MR) is 120 cm³/mol. The van der Waals surface area contributed by atoms with E-state index in [-0.39, 0.29) is 18.8 Å². The molecule has 8 nitrogen and oxygen atoms in total. The fourth-order valence-electron chi connectivity index (χ4n) is 5.67. The van der Waals surface area contributed by atoms with Crippen molar-refractivity contribution < 1.29 is 33.3 Å². The summed E-state index contributed by atoms with van der Waals surface area (Å²) in [6.45, 7) is 3.26. The molecule has 0 amide bonds. The molecule has 4 atom stereocenters. The molecular formula is C26H25NO7. The number of carbonyl (C=O) groups is 2. The van der Waals surface area contributed by atoms with Gasteiger partial charge in [-0.2, -0.15) is 0 Å². The largest absolute Gasteiger partial charge is 0.497 e. The van der Waals surface area contributed by atoms with Gasteiger partial charge in [-0.3, -0.25) is 9.69 Å². The molecule has 1 fully saturated rings. The van der Waals surface area contributed by atoms with Crippen LogP contribution in [-0.4, -0.2) is 55.5 Å². The van der Waals surface area contributed by atoms with Crippen LogP contribution >= 0.6 is 0 Å². The standard InChI is InChI=1S/C26H25NO7/c1-14(28)33-25-22(34-26(29)15-3-5-18(30-2)6-4-15)9-16-7-8-27-12-17-10-20-21(32-13-31-20)11-19(17)23(25)24(16)27/h3-6,9-11,22-25H,7-8,12-13H2,1-2H3/t22-,23-,24?,25+/m0/s1. The highest BCUT2D eigenvalue weighted by molar-refractivity contribution is 5.89. The Morgan fingerprint density at radius 1 is 1.06 bits per heavy atom. The second-order valence-corrected chi connectivity index (χ2v) is 9.01. The summed E-state index contributed by atoms with van der Waals surface area (Å²) in [6.07, 6.45) is 1.50. The van der Waals surface area contributed by atoms with Gasteiger partial charge < -0.3 is 23.7 Å². The minimum atomic E-state index is -0.703. The zero-order valence-corrected chi connectivity index (χ0v) is 19.0. The molecule has 1 aliphatic carbocycles. The number of benzene rings is 2. The van der Waals surface area contributed by atoms with Crippen molar-refractivity contribution in [3.63, 3.8) is 0 Å². The van der Waals surface area contributed by atoms with Crippen LogP contribution < -0.4 is 14.2 Å². The summed E-state index contributed by atoms with van der Waals surface area (Å²) in [4.78, 5) is 27.6. The van der Waals surface area contributed by atoms with E-state index in [1.807, 2.05) is 18.2 Å². The molecule has 2 aromatic rings. The van der Waals surface area contributed by atoms with E-state index in [0.717, 1.165) is 36.4 Å². The molecule has 0 bridgehead atoms. The molecule has 4 aliphatic rings. The van der Waals surface area contributed by atoms with Crippen LogP contribution in [0.4, 0.5) is 0 Å². The Kier molecular flexibility index (Phi) is 4.99. The van der Waals surface area contributed by atoms with Crippen LogP contribution in [0.1, 0.15) is 40.7 Å². The maximum absolute atomic E-state index is 13.0. The zero-order valence-electron chi connectivity index (χ0n) is 19.0. The van der Waals surface area contributed by atoms with Gasteiger partial charge in [0.1, 0.15) is 5.75 Å². The number of methoxy groups -OCH3 is 1. The lowest BCUT2D eigenvalue weighted by molar-refractivity contribution is -0.154. The van der Waals surface area contributed by atoms with Gasteiger partial charge in [0.25, 0.3) is 0 Å². The van der Waals surface area contributed by atoms with E-state index in [9.17, 15) is 9.59 Å². The third kappa shape index (κ3) is 3.40. The summed E-state index contributed by atoms with van der Waals surface area (Å²) >= 11 is 0. The van der Waals surface area contributed by atoms with Gasteiger partial charge in [-0.25, -0.2) is 4.79 Å². The van der Waals surface area contributed by atoms with Gasteiger partial charge in [0.15, 0.2) is 23.7 Å². The third-order valence-corrected chi connectivity index (χ3v) is 7.10. The molecule has 34 heavy (non-hydrogen) atoms. The summed E-state index contributed by atoms with van der Waals surface area (Å²) in [5.74, 6) is 1.00. The van der Waals surface area contributed by atoms with Gasteiger partial charge in [0.2, 0.25) is 6.79 Å². The molecule has 8 heteroatoms. The molecule has 3 aliphatic heterocycles. The number of hydrogen-bond acceptors (Lipinski definition) is 8. The molecule has 2 aromatic carbocycles. The van der Waals surface area contributed by atoms with Crippen molar-refractivity contribution in [2.75, 3.05) is 20.4 Å². The van der Waals surface area contributed by atoms with Gasteiger partial charge >= 0.3 is 11.9 Å². The first kappa shape index (κ1) is 21.0. The molecule has 0 aromatic heterocycles. The first-order valence-corrected chi connectivity index (χ1v) is 11.4. The Labute approximate surface area is 197 Å². The molecule has 176 valence electrons. The molecule has 1 saturated heterocycles. The zero-order chi connectivity index (χ0) is 23.4. The van der Waals surface area contributed by atoms with Gasteiger partial charge in [-0.1, -0.05) is 5.57 Å². The van der Waals surface area contributed by atoms with Crippen LogP contribution in [-0.2, 0) is 20.8 Å². The molecule has 6 rings (SSSR count). The number of esters is 2. The Hall–Kier alpha value is -3.52. The van der Waals surface area contributed by atoms with Crippen LogP contribution in [0.3, 0.4) is 0 Å². The van der Waals surface area contributed by atoms with Crippen molar-refractivity contribution in [2.45, 2.75) is 44.1 Å². The Morgan fingerprint density at radius 3 is 2.56 bits per heavy atom. The minimum Gasteiger partial charge on any atom is -0.497 e. The summed E-state index contributed by atoms with van der Waals surface area (Å²) in [5.41, 5.74) is 3.79. The Bertz CT molecular complexity index is 1190. The topological polar surface area (TPSA) is 83.5 Å². The van der Waals surface area contributed by atoms with Crippen LogP contribution in [0.2, 0.25) is 0 Å². The minimum absolute atomic E-state index is 0.0909. The Morgan fingerprint density at radius 2 is 1.82 bits per heavy atom. The van der Waals surface area contributed by atoms with Crippen molar-refractivity contribution in [2.24, 2.45) is 0 Å². The van der Waals surface area contributed by atoms with E-state index in [2.05, 4.69) is 4.90 Å². The van der Waals surface area contributed by atoms with Crippen molar-refractivity contribution in [3.05, 3.63) is 64.7 Å². The normalized spacial score (nSPS) is 26.2. The van der Waals surface area contributed by atoms with Gasteiger partial charge in [-0.05, 0) is 60.0 Å². The van der Waals surface area contributed by atoms with Crippen LogP contribution in [0, 0.1) is 0 Å². The SMILES string of the molecule is COc1ccc(C(=O)O[C@H]2C=C3CCN4Cc5cc6c(cc5[C@@H](C34)[C@@H]2OC(C)=O)OCO6)cc1. The molecule has 1 unspecified atom stereocenters. The van der Waals surface area contributed by atoms with E-state index in [1.54, 1.807) is 31.4 Å². The van der Waals surface area contributed by atoms with Crippen molar-refractivity contribution in [3.8, 4) is 17.2 Å². The van der Waals surface area contributed by atoms with Gasteiger partial charge in [0.05, 0.1) is 12.7 Å². The lowest BCUT2D eigenvalue weighted by Crippen LogP contribution is -2.52. The molecular weight excluding hydrogens is 438 g/mol. The van der Waals surface area contributed by atoms with Gasteiger partial charge in [0, 0.05) is 32.0 Å². The molecule has 0 N–H and O–H groups in total. The summed E-state index contributed by atoms with van der Waals surface area (Å²) in [5, 5.41) is 0. The second-order valence-electron chi connectivity index (χ2n) is 9.01. The highest BCUT2D eigenvalue weighted by atomic mass is 16.7. The highest BCUT2D eigenvalue weighted by Crippen LogP contribution is 2.50. The van der Waals surface area contributed by atoms with Gasteiger partial charge in [-0.15, -0.1) is 0 Å². The molecule has 3 heterocycles. The average Bonchev–Trinajstić information content (AvgIpc) is 3.46. The summed E-state index contributed by atoms with van der Waals surface area (Å²) < 4.78 is 28.2. The van der Waals surface area contributed by atoms with E-state index in [4.69, 9.17) is 23.7 Å². The van der Waals surface area contributed by atoms with E-state index < -0.39 is 24.1 Å². The molecule has 0 radical (unpaired) electrons. The van der Waals surface area contributed by atoms with E-state index >= 15 is 0 Å². The predicted octanol–water partition coefficient (Wildman–Crippen LogP) is 3.19. The highest BCUT2D eigenvalue weighted by Gasteiger charge is 2.52. The van der Waals surface area contributed by atoms with Crippen LogP contribution in [0.25, 0.3) is 0 Å². The maximum atomic E-state index is 13.0. The number of hydrogen-bond donors (Lipinski definition) is 0. The van der Waals surface area contributed by atoms with Crippen molar-refractivity contribution in [1.29, 1.82) is 0 Å². The summed E-state index contributed by atoms with van der Waals surface area (Å²) in [6, 6.07) is 10.9. The lowest BCUT2D eigenvalue weighted by Gasteiger charge is -2.46. The number of nitrogens with zero attached hydrogens (tertiary/aromatic N) is 1. The fourth-order valence-corrected chi connectivity index (χ4v) is 5.67. The van der Waals surface area contributed by atoms with E-state index in [0.29, 0.717) is 17.1 Å². The number of fused-ring (bicyclic) bond motifs is 3. The maximum Gasteiger partial charge on any atom is 0.338 e. The quantitative estimate of drug-likeness (QED) is 0.505. The molecule has 0 saturated carbocycles. The average molecular weight is 463 g/mol. The fraction of sp³-hybridized carbons (Fsp3) is 0.385. The van der Waals surface area contributed by atoms with Crippen LogP contribution in [0.5, 0.6) is 17.2 Å².